The molecular weight excluding hydrogens is 434 g/mol. The maximum absolute atomic E-state index is 14.3. The highest BCUT2D eigenvalue weighted by atomic mass is 19.3. The molecule has 1 aliphatic heterocycles. The SMILES string of the molecule is CCCCC(F)(F)C(O)CC[C@@H]1[C@@H](CCCCCCC(=O)O)[C@H](O)C[C@H]1OC1CCCCO1. The maximum atomic E-state index is 14.3. The normalized spacial score (nSPS) is 29.3. The average Bonchev–Trinajstić information content (AvgIpc) is 3.07. The van der Waals surface area contributed by atoms with E-state index in [0.29, 0.717) is 38.7 Å². The Balaban J connectivity index is 1.93. The van der Waals surface area contributed by atoms with Crippen LogP contribution in [0.2, 0.25) is 0 Å². The molecule has 0 amide bonds. The summed E-state index contributed by atoms with van der Waals surface area (Å²) in [5.74, 6) is -4.08. The molecule has 194 valence electrons. The zero-order chi connectivity index (χ0) is 24.3. The summed E-state index contributed by atoms with van der Waals surface area (Å²) in [6.45, 7) is 2.50. The minimum absolute atomic E-state index is 0.0192. The average molecular weight is 479 g/mol. The lowest BCUT2D eigenvalue weighted by Crippen LogP contribution is -2.36. The Morgan fingerprint density at radius 2 is 1.88 bits per heavy atom. The van der Waals surface area contributed by atoms with Crippen LogP contribution in [0, 0.1) is 11.8 Å². The van der Waals surface area contributed by atoms with Crippen molar-refractivity contribution in [1.29, 1.82) is 0 Å². The predicted octanol–water partition coefficient (Wildman–Crippen LogP) is 5.29. The van der Waals surface area contributed by atoms with Gasteiger partial charge in [-0.05, 0) is 63.2 Å². The standard InChI is InChI=1S/C25H44F2O6/c1-2-3-15-25(26,27)22(29)14-13-19-18(10-6-4-5-7-11-23(30)31)20(28)17-21(19)33-24-12-8-9-16-32-24/h18-22,24,28-29H,2-17H2,1H3,(H,30,31)/t18-,19-,20-,21-,22?,24?/m1/s1. The highest BCUT2D eigenvalue weighted by molar-refractivity contribution is 5.66. The summed E-state index contributed by atoms with van der Waals surface area (Å²) >= 11 is 0. The topological polar surface area (TPSA) is 96.2 Å². The zero-order valence-electron chi connectivity index (χ0n) is 20.1. The summed E-state index contributed by atoms with van der Waals surface area (Å²) in [6, 6.07) is 0. The monoisotopic (exact) mass is 478 g/mol. The van der Waals surface area contributed by atoms with Crippen molar-refractivity contribution in [3.8, 4) is 0 Å². The van der Waals surface area contributed by atoms with Crippen LogP contribution in [0.1, 0.15) is 103 Å². The van der Waals surface area contributed by atoms with Gasteiger partial charge in [-0.1, -0.05) is 32.6 Å². The first kappa shape index (κ1) is 28.4. The van der Waals surface area contributed by atoms with Gasteiger partial charge in [0.25, 0.3) is 5.92 Å². The molecule has 0 bridgehead atoms. The number of aliphatic hydroxyl groups excluding tert-OH is 2. The van der Waals surface area contributed by atoms with E-state index in [0.717, 1.165) is 44.9 Å². The molecule has 6 atom stereocenters. The Kier molecular flexibility index (Phi) is 12.5. The van der Waals surface area contributed by atoms with Gasteiger partial charge in [-0.25, -0.2) is 8.78 Å². The maximum Gasteiger partial charge on any atom is 0.303 e. The first-order valence-corrected chi connectivity index (χ1v) is 13.0. The molecular formula is C25H44F2O6. The second kappa shape index (κ2) is 14.5. The Morgan fingerprint density at radius 1 is 1.12 bits per heavy atom. The van der Waals surface area contributed by atoms with E-state index in [1.165, 1.54) is 0 Å². The molecule has 0 aromatic carbocycles. The third-order valence-corrected chi connectivity index (χ3v) is 7.26. The number of rotatable bonds is 16. The second-order valence-electron chi connectivity index (χ2n) is 9.91. The number of hydrogen-bond donors (Lipinski definition) is 3. The van der Waals surface area contributed by atoms with Gasteiger partial charge in [0.15, 0.2) is 6.29 Å². The van der Waals surface area contributed by atoms with Gasteiger partial charge in [-0.15, -0.1) is 0 Å². The van der Waals surface area contributed by atoms with Crippen molar-refractivity contribution in [3.05, 3.63) is 0 Å². The van der Waals surface area contributed by atoms with Crippen LogP contribution < -0.4 is 0 Å². The number of alkyl halides is 2. The molecule has 6 nitrogen and oxygen atoms in total. The lowest BCUT2D eigenvalue weighted by molar-refractivity contribution is -0.197. The Morgan fingerprint density at radius 3 is 2.55 bits per heavy atom. The van der Waals surface area contributed by atoms with Gasteiger partial charge < -0.3 is 24.8 Å². The van der Waals surface area contributed by atoms with Crippen LogP contribution >= 0.6 is 0 Å². The molecule has 2 aliphatic rings. The summed E-state index contributed by atoms with van der Waals surface area (Å²) in [4.78, 5) is 10.7. The van der Waals surface area contributed by atoms with Crippen molar-refractivity contribution in [3.63, 3.8) is 0 Å². The first-order valence-electron chi connectivity index (χ1n) is 13.0. The largest absolute Gasteiger partial charge is 0.481 e. The molecule has 8 heteroatoms. The van der Waals surface area contributed by atoms with E-state index >= 15 is 0 Å². The van der Waals surface area contributed by atoms with Crippen LogP contribution in [0.3, 0.4) is 0 Å². The van der Waals surface area contributed by atoms with Crippen LogP contribution in [0.15, 0.2) is 0 Å². The van der Waals surface area contributed by atoms with Crippen molar-refractivity contribution < 1.29 is 38.4 Å². The van der Waals surface area contributed by atoms with Crippen molar-refractivity contribution in [2.24, 2.45) is 11.8 Å². The summed E-state index contributed by atoms with van der Waals surface area (Å²) < 4.78 is 40.5. The number of aliphatic hydroxyl groups is 2. The summed E-state index contributed by atoms with van der Waals surface area (Å²) in [5.41, 5.74) is 0. The van der Waals surface area contributed by atoms with Gasteiger partial charge in [-0.3, -0.25) is 4.79 Å². The van der Waals surface area contributed by atoms with E-state index in [1.54, 1.807) is 0 Å². The second-order valence-corrected chi connectivity index (χ2v) is 9.91. The molecule has 2 unspecified atom stereocenters. The van der Waals surface area contributed by atoms with Gasteiger partial charge in [0.2, 0.25) is 0 Å². The van der Waals surface area contributed by atoms with Crippen LogP contribution in [-0.4, -0.2) is 58.4 Å². The lowest BCUT2D eigenvalue weighted by Gasteiger charge is -2.31. The summed E-state index contributed by atoms with van der Waals surface area (Å²) in [6.07, 6.45) is 5.59. The smallest absolute Gasteiger partial charge is 0.303 e. The number of aliphatic carboxylic acids is 1. The number of hydrogen-bond acceptors (Lipinski definition) is 5. The molecule has 1 saturated carbocycles. The molecule has 2 rings (SSSR count). The molecule has 33 heavy (non-hydrogen) atoms. The van der Waals surface area contributed by atoms with E-state index in [4.69, 9.17) is 14.6 Å². The highest BCUT2D eigenvalue weighted by Crippen LogP contribution is 2.42. The van der Waals surface area contributed by atoms with Crippen molar-refractivity contribution in [2.45, 2.75) is 134 Å². The Hall–Kier alpha value is -0.830. The third kappa shape index (κ3) is 9.74. The molecule has 2 fully saturated rings. The molecule has 1 heterocycles. The minimum Gasteiger partial charge on any atom is -0.481 e. The molecule has 3 N–H and O–H groups in total. The number of unbranched alkanes of at least 4 members (excludes halogenated alkanes) is 4. The number of ether oxygens (including phenoxy) is 2. The van der Waals surface area contributed by atoms with Crippen LogP contribution in [0.25, 0.3) is 0 Å². The van der Waals surface area contributed by atoms with E-state index in [1.807, 2.05) is 6.92 Å². The van der Waals surface area contributed by atoms with Crippen LogP contribution in [-0.2, 0) is 14.3 Å². The van der Waals surface area contributed by atoms with Crippen LogP contribution in [0.5, 0.6) is 0 Å². The Labute approximate surface area is 197 Å². The van der Waals surface area contributed by atoms with E-state index in [-0.39, 0.29) is 43.5 Å². The molecule has 1 saturated heterocycles. The van der Waals surface area contributed by atoms with Gasteiger partial charge in [-0.2, -0.15) is 0 Å². The van der Waals surface area contributed by atoms with E-state index in [9.17, 15) is 23.8 Å². The quantitative estimate of drug-likeness (QED) is 0.261. The first-order chi connectivity index (χ1) is 15.7. The van der Waals surface area contributed by atoms with Crippen LogP contribution in [0.4, 0.5) is 8.78 Å². The highest BCUT2D eigenvalue weighted by Gasteiger charge is 2.45. The number of carbonyl (C=O) groups is 1. The van der Waals surface area contributed by atoms with E-state index in [2.05, 4.69) is 0 Å². The molecule has 0 aromatic rings. The fraction of sp³-hybridized carbons (Fsp3) is 0.960. The fourth-order valence-corrected chi connectivity index (χ4v) is 5.28. The number of halogens is 2. The number of carboxylic acids is 1. The number of carboxylic acid groups (broad SMARTS) is 1. The Bertz CT molecular complexity index is 555. The zero-order valence-corrected chi connectivity index (χ0v) is 20.1. The van der Waals surface area contributed by atoms with Crippen molar-refractivity contribution in [2.75, 3.05) is 6.61 Å². The third-order valence-electron chi connectivity index (χ3n) is 7.26. The van der Waals surface area contributed by atoms with Crippen molar-refractivity contribution in [1.82, 2.24) is 0 Å². The molecule has 0 radical (unpaired) electrons. The lowest BCUT2D eigenvalue weighted by atomic mass is 9.84. The van der Waals surface area contributed by atoms with Crippen molar-refractivity contribution >= 4 is 5.97 Å². The molecule has 0 aromatic heterocycles. The minimum atomic E-state index is -3.10. The summed E-state index contributed by atoms with van der Waals surface area (Å²) in [5, 5.41) is 29.7. The van der Waals surface area contributed by atoms with Gasteiger partial charge in [0.05, 0.1) is 12.2 Å². The van der Waals surface area contributed by atoms with Gasteiger partial charge in [0, 0.05) is 25.9 Å². The van der Waals surface area contributed by atoms with Gasteiger partial charge >= 0.3 is 5.97 Å². The predicted molar refractivity (Wildman–Crippen MR) is 121 cm³/mol. The fourth-order valence-electron chi connectivity index (χ4n) is 5.28. The summed E-state index contributed by atoms with van der Waals surface area (Å²) in [7, 11) is 0. The van der Waals surface area contributed by atoms with E-state index < -0.39 is 24.1 Å². The van der Waals surface area contributed by atoms with Gasteiger partial charge in [0.1, 0.15) is 6.10 Å². The molecule has 0 spiro atoms. The molecule has 1 aliphatic carbocycles.